The van der Waals surface area contributed by atoms with Crippen molar-refractivity contribution in [1.29, 1.82) is 0 Å². The third-order valence-corrected chi connectivity index (χ3v) is 3.94. The predicted molar refractivity (Wildman–Crippen MR) is 76.5 cm³/mol. The molecule has 1 aromatic rings. The number of rotatable bonds is 3. The molecule has 0 radical (unpaired) electrons. The Balaban J connectivity index is 2.27. The number of anilines is 1. The molecule has 2 atom stereocenters. The van der Waals surface area contributed by atoms with Gasteiger partial charge in [-0.05, 0) is 12.8 Å². The molecule has 0 saturated heterocycles. The molecule has 20 heavy (non-hydrogen) atoms. The maximum absolute atomic E-state index is 13.5. The second kappa shape index (κ2) is 6.37. The lowest BCUT2D eigenvalue weighted by Gasteiger charge is -2.23. The van der Waals surface area contributed by atoms with Gasteiger partial charge in [-0.1, -0.05) is 30.9 Å². The lowest BCUT2D eigenvalue weighted by Crippen LogP contribution is -2.39. The van der Waals surface area contributed by atoms with Gasteiger partial charge in [0, 0.05) is 24.2 Å². The average Bonchev–Trinajstić information content (AvgIpc) is 2.59. The number of hydrogen-bond acceptors (Lipinski definition) is 4. The van der Waals surface area contributed by atoms with Crippen LogP contribution in [0, 0.1) is 15.9 Å². The second-order valence-electron chi connectivity index (χ2n) is 5.09. The quantitative estimate of drug-likeness (QED) is 0.509. The van der Waals surface area contributed by atoms with E-state index in [2.05, 4.69) is 5.32 Å². The molecule has 2 rings (SSSR count). The Bertz CT molecular complexity index is 513. The Kier molecular flexibility index (Phi) is 4.77. The van der Waals surface area contributed by atoms with Crippen molar-refractivity contribution in [1.82, 2.24) is 0 Å². The molecule has 1 aliphatic rings. The molecule has 0 amide bonds. The summed E-state index contributed by atoms with van der Waals surface area (Å²) in [4.78, 5) is 10.5. The van der Waals surface area contributed by atoms with Gasteiger partial charge in [0.05, 0.1) is 9.95 Å². The van der Waals surface area contributed by atoms with Gasteiger partial charge >= 0.3 is 0 Å². The van der Waals surface area contributed by atoms with E-state index in [9.17, 15) is 14.5 Å². The molecule has 0 heterocycles. The molecule has 0 bridgehead atoms. The van der Waals surface area contributed by atoms with Gasteiger partial charge in [-0.25, -0.2) is 4.39 Å². The van der Waals surface area contributed by atoms with Crippen LogP contribution in [0.3, 0.4) is 0 Å². The van der Waals surface area contributed by atoms with Crippen molar-refractivity contribution in [2.45, 2.75) is 44.2 Å². The number of halogens is 2. The standard InChI is InChI=1S/C13H17ClFN3O2/c14-8-6-13(18(19)20)12(7-9(8)15)17-11-5-3-1-2-4-10(11)16/h6-7,10-11,17H,1-5,16H2. The van der Waals surface area contributed by atoms with E-state index < -0.39 is 10.7 Å². The minimum atomic E-state index is -0.679. The summed E-state index contributed by atoms with van der Waals surface area (Å²) in [7, 11) is 0. The lowest BCUT2D eigenvalue weighted by atomic mass is 10.0. The number of nitrogens with zero attached hydrogens (tertiary/aromatic N) is 1. The molecule has 0 aromatic heterocycles. The zero-order valence-corrected chi connectivity index (χ0v) is 11.7. The first-order chi connectivity index (χ1) is 9.49. The van der Waals surface area contributed by atoms with E-state index in [-0.39, 0.29) is 28.5 Å². The van der Waals surface area contributed by atoms with Crippen LogP contribution in [0.2, 0.25) is 5.02 Å². The Labute approximate surface area is 121 Å². The van der Waals surface area contributed by atoms with E-state index in [1.54, 1.807) is 0 Å². The van der Waals surface area contributed by atoms with E-state index in [4.69, 9.17) is 17.3 Å². The van der Waals surface area contributed by atoms with Crippen LogP contribution < -0.4 is 11.1 Å². The van der Waals surface area contributed by atoms with Crippen LogP contribution in [0.25, 0.3) is 0 Å². The topological polar surface area (TPSA) is 81.2 Å². The molecule has 3 N–H and O–H groups in total. The SMILES string of the molecule is NC1CCCCCC1Nc1cc(F)c(Cl)cc1[N+](=O)[O-]. The second-order valence-corrected chi connectivity index (χ2v) is 5.50. The normalized spacial score (nSPS) is 23.1. The van der Waals surface area contributed by atoms with Gasteiger partial charge in [0.25, 0.3) is 5.69 Å². The zero-order valence-electron chi connectivity index (χ0n) is 10.9. The third-order valence-electron chi connectivity index (χ3n) is 3.65. The highest BCUT2D eigenvalue weighted by Gasteiger charge is 2.24. The molecule has 1 aromatic carbocycles. The summed E-state index contributed by atoms with van der Waals surface area (Å²) in [5.74, 6) is -0.679. The van der Waals surface area contributed by atoms with Gasteiger partial charge in [0.1, 0.15) is 11.5 Å². The molecular formula is C13H17ClFN3O2. The van der Waals surface area contributed by atoms with E-state index in [1.165, 1.54) is 0 Å². The smallest absolute Gasteiger partial charge is 0.294 e. The van der Waals surface area contributed by atoms with Gasteiger partial charge in [-0.15, -0.1) is 0 Å². The fourth-order valence-corrected chi connectivity index (χ4v) is 2.68. The average molecular weight is 302 g/mol. The summed E-state index contributed by atoms with van der Waals surface area (Å²) in [6, 6.07) is 1.92. The molecule has 1 saturated carbocycles. The highest BCUT2D eigenvalue weighted by Crippen LogP contribution is 2.32. The van der Waals surface area contributed by atoms with Crippen molar-refractivity contribution < 1.29 is 9.31 Å². The zero-order chi connectivity index (χ0) is 14.7. The molecule has 1 fully saturated rings. The predicted octanol–water partition coefficient (Wildman–Crippen LogP) is 3.46. The molecule has 0 spiro atoms. The fraction of sp³-hybridized carbons (Fsp3) is 0.538. The molecule has 2 unspecified atom stereocenters. The van der Waals surface area contributed by atoms with Crippen LogP contribution in [0.4, 0.5) is 15.8 Å². The van der Waals surface area contributed by atoms with Crippen molar-refractivity contribution in [3.63, 3.8) is 0 Å². The largest absolute Gasteiger partial charge is 0.375 e. The molecule has 7 heteroatoms. The summed E-state index contributed by atoms with van der Waals surface area (Å²) in [6.07, 6.45) is 4.85. The van der Waals surface area contributed by atoms with E-state index in [0.29, 0.717) is 0 Å². The third kappa shape index (κ3) is 3.37. The van der Waals surface area contributed by atoms with Gasteiger partial charge in [-0.2, -0.15) is 0 Å². The Morgan fingerprint density at radius 3 is 2.75 bits per heavy atom. The molecule has 0 aliphatic heterocycles. The summed E-state index contributed by atoms with van der Waals surface area (Å²) in [6.45, 7) is 0. The maximum atomic E-state index is 13.5. The number of benzene rings is 1. The number of nitrogens with two attached hydrogens (primary N) is 1. The van der Waals surface area contributed by atoms with Crippen molar-refractivity contribution in [3.05, 3.63) is 33.1 Å². The number of nitro benzene ring substituents is 1. The first kappa shape index (κ1) is 15.0. The van der Waals surface area contributed by atoms with Crippen LogP contribution in [0.5, 0.6) is 0 Å². The van der Waals surface area contributed by atoms with Crippen LogP contribution in [0.1, 0.15) is 32.1 Å². The van der Waals surface area contributed by atoms with Crippen molar-refractivity contribution in [2.75, 3.05) is 5.32 Å². The monoisotopic (exact) mass is 301 g/mol. The van der Waals surface area contributed by atoms with Gasteiger partial charge in [0.15, 0.2) is 0 Å². The first-order valence-corrected chi connectivity index (χ1v) is 7.02. The van der Waals surface area contributed by atoms with Crippen molar-refractivity contribution in [3.8, 4) is 0 Å². The van der Waals surface area contributed by atoms with Crippen LogP contribution >= 0.6 is 11.6 Å². The molecule has 110 valence electrons. The number of hydrogen-bond donors (Lipinski definition) is 2. The van der Waals surface area contributed by atoms with E-state index in [1.807, 2.05) is 0 Å². The summed E-state index contributed by atoms with van der Waals surface area (Å²) in [5.41, 5.74) is 5.98. The Hall–Kier alpha value is -1.40. The van der Waals surface area contributed by atoms with Crippen molar-refractivity contribution >= 4 is 23.0 Å². The highest BCUT2D eigenvalue weighted by molar-refractivity contribution is 6.31. The van der Waals surface area contributed by atoms with Crippen LogP contribution in [0.15, 0.2) is 12.1 Å². The minimum absolute atomic E-state index is 0.0863. The van der Waals surface area contributed by atoms with Gasteiger partial charge in [0.2, 0.25) is 0 Å². The van der Waals surface area contributed by atoms with Crippen LogP contribution in [-0.4, -0.2) is 17.0 Å². The van der Waals surface area contributed by atoms with Crippen molar-refractivity contribution in [2.24, 2.45) is 5.73 Å². The number of nitro groups is 1. The molecular weight excluding hydrogens is 285 g/mol. The Morgan fingerprint density at radius 2 is 2.05 bits per heavy atom. The molecule has 5 nitrogen and oxygen atoms in total. The number of nitrogens with one attached hydrogen (secondary N) is 1. The first-order valence-electron chi connectivity index (χ1n) is 6.64. The fourth-order valence-electron chi connectivity index (χ4n) is 2.52. The summed E-state index contributed by atoms with van der Waals surface area (Å²) >= 11 is 5.60. The maximum Gasteiger partial charge on any atom is 0.294 e. The highest BCUT2D eigenvalue weighted by atomic mass is 35.5. The summed E-state index contributed by atoms with van der Waals surface area (Å²) < 4.78 is 13.5. The van der Waals surface area contributed by atoms with Gasteiger partial charge in [-0.3, -0.25) is 10.1 Å². The van der Waals surface area contributed by atoms with Crippen LogP contribution in [-0.2, 0) is 0 Å². The Morgan fingerprint density at radius 1 is 1.35 bits per heavy atom. The minimum Gasteiger partial charge on any atom is -0.375 e. The summed E-state index contributed by atoms with van der Waals surface area (Å²) in [5, 5.41) is 13.8. The van der Waals surface area contributed by atoms with E-state index >= 15 is 0 Å². The molecule has 1 aliphatic carbocycles. The lowest BCUT2D eigenvalue weighted by molar-refractivity contribution is -0.384. The van der Waals surface area contributed by atoms with E-state index in [0.717, 1.165) is 44.2 Å². The van der Waals surface area contributed by atoms with Gasteiger partial charge < -0.3 is 11.1 Å².